The average molecular weight is 239 g/mol. The highest BCUT2D eigenvalue weighted by molar-refractivity contribution is 5.84. The Hall–Kier alpha value is -0.570. The molecule has 3 nitrogen and oxygen atoms in total. The number of aliphatic hydroxyl groups excluding tert-OH is 1. The predicted octanol–water partition coefficient (Wildman–Crippen LogP) is 1.95. The maximum atomic E-state index is 12.3. The summed E-state index contributed by atoms with van der Waals surface area (Å²) in [6.45, 7) is 8.85. The van der Waals surface area contributed by atoms with E-state index in [-0.39, 0.29) is 41.2 Å². The molecule has 1 amide bonds. The normalized spacial score (nSPS) is 34.6. The standard InChI is InChI=1S/C14H25NO2/c1-13(2)11(14(13,3)4)12(17)15-10-7-5-6-9(10)8-16/h9-11,16H,5-8H2,1-4H3,(H,15,17). The summed E-state index contributed by atoms with van der Waals surface area (Å²) in [5, 5.41) is 12.4. The lowest BCUT2D eigenvalue weighted by Gasteiger charge is -2.19. The second kappa shape index (κ2) is 3.98. The van der Waals surface area contributed by atoms with Gasteiger partial charge in [-0.3, -0.25) is 4.79 Å². The van der Waals surface area contributed by atoms with Crippen molar-refractivity contribution in [3.8, 4) is 0 Å². The zero-order chi connectivity index (χ0) is 12.8. The molecule has 2 fully saturated rings. The van der Waals surface area contributed by atoms with Crippen molar-refractivity contribution < 1.29 is 9.90 Å². The molecule has 0 heterocycles. The summed E-state index contributed by atoms with van der Waals surface area (Å²) in [5.74, 6) is 0.573. The first-order chi connectivity index (χ1) is 7.82. The SMILES string of the molecule is CC1(C)C(C(=O)NC2CCCC2CO)C1(C)C. The molecule has 0 bridgehead atoms. The van der Waals surface area contributed by atoms with Gasteiger partial charge in [0, 0.05) is 24.5 Å². The summed E-state index contributed by atoms with van der Waals surface area (Å²) in [6, 6.07) is 0.194. The van der Waals surface area contributed by atoms with Crippen LogP contribution in [0.1, 0.15) is 47.0 Å². The highest BCUT2D eigenvalue weighted by atomic mass is 16.3. The van der Waals surface area contributed by atoms with Crippen LogP contribution in [0.2, 0.25) is 0 Å². The molecule has 98 valence electrons. The van der Waals surface area contributed by atoms with E-state index in [2.05, 4.69) is 33.0 Å². The van der Waals surface area contributed by atoms with E-state index < -0.39 is 0 Å². The van der Waals surface area contributed by atoms with Crippen LogP contribution in [0.15, 0.2) is 0 Å². The van der Waals surface area contributed by atoms with E-state index in [0.29, 0.717) is 0 Å². The molecule has 0 aliphatic heterocycles. The molecule has 0 aromatic heterocycles. The third kappa shape index (κ3) is 1.88. The van der Waals surface area contributed by atoms with Crippen LogP contribution in [0.4, 0.5) is 0 Å². The molecule has 17 heavy (non-hydrogen) atoms. The zero-order valence-corrected chi connectivity index (χ0v) is 11.4. The fraction of sp³-hybridized carbons (Fsp3) is 0.929. The predicted molar refractivity (Wildman–Crippen MR) is 67.4 cm³/mol. The Bertz CT molecular complexity index is 308. The first-order valence-corrected chi connectivity index (χ1v) is 6.73. The minimum atomic E-state index is 0.102. The van der Waals surface area contributed by atoms with E-state index in [0.717, 1.165) is 19.3 Å². The van der Waals surface area contributed by atoms with Crippen molar-refractivity contribution in [2.24, 2.45) is 22.7 Å². The van der Waals surface area contributed by atoms with Crippen molar-refractivity contribution in [2.75, 3.05) is 6.61 Å². The highest BCUT2D eigenvalue weighted by Gasteiger charge is 2.68. The Kier molecular flexibility index (Phi) is 3.01. The summed E-state index contributed by atoms with van der Waals surface area (Å²) in [4.78, 5) is 12.3. The molecule has 3 heteroatoms. The van der Waals surface area contributed by atoms with Crippen LogP contribution >= 0.6 is 0 Å². The molecule has 2 aliphatic carbocycles. The van der Waals surface area contributed by atoms with Crippen LogP contribution in [0.25, 0.3) is 0 Å². The Labute approximate surface area is 104 Å². The van der Waals surface area contributed by atoms with E-state index >= 15 is 0 Å². The van der Waals surface area contributed by atoms with Gasteiger partial charge in [-0.2, -0.15) is 0 Å². The van der Waals surface area contributed by atoms with E-state index in [1.807, 2.05) is 0 Å². The Morgan fingerprint density at radius 3 is 2.29 bits per heavy atom. The first-order valence-electron chi connectivity index (χ1n) is 6.73. The number of hydrogen-bond acceptors (Lipinski definition) is 2. The molecule has 0 aromatic carbocycles. The van der Waals surface area contributed by atoms with Crippen molar-refractivity contribution in [1.82, 2.24) is 5.32 Å². The van der Waals surface area contributed by atoms with E-state index in [1.54, 1.807) is 0 Å². The van der Waals surface area contributed by atoms with Crippen molar-refractivity contribution in [2.45, 2.75) is 53.0 Å². The lowest BCUT2D eigenvalue weighted by Crippen LogP contribution is -2.40. The van der Waals surface area contributed by atoms with Gasteiger partial charge in [0.2, 0.25) is 5.91 Å². The summed E-state index contributed by atoms with van der Waals surface area (Å²) < 4.78 is 0. The summed E-state index contributed by atoms with van der Waals surface area (Å²) in [5.41, 5.74) is 0.203. The second-order valence-electron chi connectivity index (χ2n) is 6.87. The van der Waals surface area contributed by atoms with E-state index in [1.165, 1.54) is 0 Å². The molecule has 0 aromatic rings. The third-order valence-electron chi connectivity index (χ3n) is 5.50. The molecule has 0 radical (unpaired) electrons. The third-order valence-corrected chi connectivity index (χ3v) is 5.50. The van der Waals surface area contributed by atoms with Gasteiger partial charge in [-0.15, -0.1) is 0 Å². The van der Waals surface area contributed by atoms with Gasteiger partial charge in [-0.1, -0.05) is 34.1 Å². The first kappa shape index (κ1) is 12.9. The van der Waals surface area contributed by atoms with Crippen LogP contribution in [-0.4, -0.2) is 23.7 Å². The number of carbonyl (C=O) groups is 1. The van der Waals surface area contributed by atoms with Crippen molar-refractivity contribution in [3.05, 3.63) is 0 Å². The molecule has 0 spiro atoms. The van der Waals surface area contributed by atoms with Crippen molar-refractivity contribution in [1.29, 1.82) is 0 Å². The van der Waals surface area contributed by atoms with Gasteiger partial charge in [-0.05, 0) is 23.7 Å². The lowest BCUT2D eigenvalue weighted by atomic mass is 10.0. The van der Waals surface area contributed by atoms with Crippen LogP contribution < -0.4 is 5.32 Å². The van der Waals surface area contributed by atoms with Gasteiger partial charge in [0.1, 0.15) is 0 Å². The minimum Gasteiger partial charge on any atom is -0.396 e. The quantitative estimate of drug-likeness (QED) is 0.791. The number of amides is 1. The van der Waals surface area contributed by atoms with Gasteiger partial charge in [0.05, 0.1) is 0 Å². The Morgan fingerprint density at radius 1 is 1.24 bits per heavy atom. The lowest BCUT2D eigenvalue weighted by molar-refractivity contribution is -0.124. The highest BCUT2D eigenvalue weighted by Crippen LogP contribution is 2.68. The molecule has 2 unspecified atom stereocenters. The number of aliphatic hydroxyl groups is 1. The van der Waals surface area contributed by atoms with Crippen LogP contribution in [0.3, 0.4) is 0 Å². The maximum absolute atomic E-state index is 12.3. The van der Waals surface area contributed by atoms with Gasteiger partial charge in [0.15, 0.2) is 0 Å². The molecule has 2 N–H and O–H groups in total. The van der Waals surface area contributed by atoms with E-state index in [4.69, 9.17) is 0 Å². The average Bonchev–Trinajstić information content (AvgIpc) is 2.57. The number of hydrogen-bond donors (Lipinski definition) is 2. The molecular formula is C14H25NO2. The number of rotatable bonds is 3. The maximum Gasteiger partial charge on any atom is 0.224 e. The molecule has 0 saturated heterocycles. The monoisotopic (exact) mass is 239 g/mol. The molecule has 2 atom stereocenters. The number of carbonyl (C=O) groups excluding carboxylic acids is 1. The Balaban J connectivity index is 1.95. The van der Waals surface area contributed by atoms with Gasteiger partial charge < -0.3 is 10.4 Å². The number of nitrogens with one attached hydrogen (secondary N) is 1. The van der Waals surface area contributed by atoms with Crippen molar-refractivity contribution >= 4 is 5.91 Å². The second-order valence-corrected chi connectivity index (χ2v) is 6.87. The van der Waals surface area contributed by atoms with Crippen LogP contribution in [-0.2, 0) is 4.79 Å². The van der Waals surface area contributed by atoms with Gasteiger partial charge in [-0.25, -0.2) is 0 Å². The topological polar surface area (TPSA) is 49.3 Å². The Morgan fingerprint density at radius 2 is 1.82 bits per heavy atom. The molecule has 2 rings (SSSR count). The smallest absolute Gasteiger partial charge is 0.224 e. The summed E-state index contributed by atoms with van der Waals surface area (Å²) >= 11 is 0. The molecular weight excluding hydrogens is 214 g/mol. The zero-order valence-electron chi connectivity index (χ0n) is 11.4. The molecule has 2 aliphatic rings. The fourth-order valence-electron chi connectivity index (χ4n) is 3.56. The van der Waals surface area contributed by atoms with Gasteiger partial charge >= 0.3 is 0 Å². The molecule has 2 saturated carbocycles. The fourth-order valence-corrected chi connectivity index (χ4v) is 3.56. The minimum absolute atomic E-state index is 0.102. The van der Waals surface area contributed by atoms with Crippen molar-refractivity contribution in [3.63, 3.8) is 0 Å². The summed E-state index contributed by atoms with van der Waals surface area (Å²) in [6.07, 6.45) is 3.18. The largest absolute Gasteiger partial charge is 0.396 e. The summed E-state index contributed by atoms with van der Waals surface area (Å²) in [7, 11) is 0. The van der Waals surface area contributed by atoms with Crippen LogP contribution in [0.5, 0.6) is 0 Å². The van der Waals surface area contributed by atoms with Crippen LogP contribution in [0, 0.1) is 22.7 Å². The van der Waals surface area contributed by atoms with Gasteiger partial charge in [0.25, 0.3) is 0 Å². The van der Waals surface area contributed by atoms with E-state index in [9.17, 15) is 9.90 Å².